The molecule has 1 heterocycles. The van der Waals surface area contributed by atoms with Gasteiger partial charge < -0.3 is 20.1 Å². The van der Waals surface area contributed by atoms with E-state index in [2.05, 4.69) is 5.32 Å². The second kappa shape index (κ2) is 6.57. The highest BCUT2D eigenvalue weighted by molar-refractivity contribution is 5.74. The van der Waals surface area contributed by atoms with Crippen molar-refractivity contribution in [3.63, 3.8) is 0 Å². The Labute approximate surface area is 115 Å². The summed E-state index contributed by atoms with van der Waals surface area (Å²) in [4.78, 5) is 14.2. The number of nitrogens with zero attached hydrogens (tertiary/aromatic N) is 1. The van der Waals surface area contributed by atoms with Crippen LogP contribution in [0.2, 0.25) is 0 Å². The quantitative estimate of drug-likeness (QED) is 0.796. The van der Waals surface area contributed by atoms with Crippen molar-refractivity contribution in [3.8, 4) is 0 Å². The Hall–Kier alpha value is -0.810. The number of urea groups is 1. The van der Waals surface area contributed by atoms with Crippen molar-refractivity contribution in [2.75, 3.05) is 26.8 Å². The van der Waals surface area contributed by atoms with Crippen molar-refractivity contribution < 1.29 is 14.6 Å². The molecule has 0 aromatic heterocycles. The van der Waals surface area contributed by atoms with Gasteiger partial charge in [-0.25, -0.2) is 4.79 Å². The number of amides is 2. The lowest BCUT2D eigenvalue weighted by molar-refractivity contribution is -0.0681. The third-order valence-corrected chi connectivity index (χ3v) is 4.61. The minimum Gasteiger partial charge on any atom is -0.396 e. The number of piperidine rings is 1. The summed E-state index contributed by atoms with van der Waals surface area (Å²) in [5.41, 5.74) is -0.127. The summed E-state index contributed by atoms with van der Waals surface area (Å²) in [7, 11) is 1.72. The van der Waals surface area contributed by atoms with Crippen molar-refractivity contribution in [1.29, 1.82) is 0 Å². The molecule has 0 radical (unpaired) electrons. The fraction of sp³-hybridized carbons (Fsp3) is 0.929. The van der Waals surface area contributed by atoms with Crippen molar-refractivity contribution in [2.24, 2.45) is 0 Å². The molecule has 1 saturated carbocycles. The smallest absolute Gasteiger partial charge is 0.317 e. The first kappa shape index (κ1) is 14.6. The first-order valence-corrected chi connectivity index (χ1v) is 7.41. The van der Waals surface area contributed by atoms with Crippen molar-refractivity contribution >= 4 is 6.03 Å². The number of likely N-dealkylation sites (tertiary alicyclic amines) is 1. The summed E-state index contributed by atoms with van der Waals surface area (Å²) >= 11 is 0. The first-order chi connectivity index (χ1) is 9.21. The predicted octanol–water partition coefficient (Wildman–Crippen LogP) is 1.50. The second-order valence-corrected chi connectivity index (χ2v) is 5.75. The van der Waals surface area contributed by atoms with Crippen LogP contribution < -0.4 is 5.32 Å². The number of rotatable bonds is 5. The van der Waals surface area contributed by atoms with Gasteiger partial charge in [0, 0.05) is 32.8 Å². The number of hydrogen-bond donors (Lipinski definition) is 2. The van der Waals surface area contributed by atoms with Crippen LogP contribution in [0.15, 0.2) is 0 Å². The number of aliphatic hydroxyl groups excluding tert-OH is 1. The van der Waals surface area contributed by atoms with Gasteiger partial charge in [0.15, 0.2) is 0 Å². The van der Waals surface area contributed by atoms with E-state index in [0.717, 1.165) is 38.6 Å². The molecule has 0 aromatic rings. The van der Waals surface area contributed by atoms with E-state index in [4.69, 9.17) is 9.84 Å². The minimum absolute atomic E-state index is 0.00137. The van der Waals surface area contributed by atoms with Crippen molar-refractivity contribution in [2.45, 2.75) is 56.6 Å². The molecule has 2 amide bonds. The summed E-state index contributed by atoms with van der Waals surface area (Å²) in [6, 6.07) is 0.195. The molecule has 2 N–H and O–H groups in total. The predicted molar refractivity (Wildman–Crippen MR) is 73.0 cm³/mol. The van der Waals surface area contributed by atoms with Crippen LogP contribution in [0.4, 0.5) is 4.79 Å². The minimum atomic E-state index is -0.127. The number of aliphatic hydroxyl groups is 1. The number of hydrogen-bond acceptors (Lipinski definition) is 3. The maximum atomic E-state index is 12.3. The van der Waals surface area contributed by atoms with E-state index in [-0.39, 0.29) is 24.3 Å². The fourth-order valence-corrected chi connectivity index (χ4v) is 3.08. The molecule has 0 bridgehead atoms. The summed E-state index contributed by atoms with van der Waals surface area (Å²) in [6.07, 6.45) is 7.14. The summed E-state index contributed by atoms with van der Waals surface area (Å²) < 4.78 is 5.51. The largest absolute Gasteiger partial charge is 0.396 e. The molecule has 1 unspecified atom stereocenters. The Kier molecular flexibility index (Phi) is 5.05. The van der Waals surface area contributed by atoms with Crippen molar-refractivity contribution in [3.05, 3.63) is 0 Å². The fourth-order valence-electron chi connectivity index (χ4n) is 3.08. The molecular weight excluding hydrogens is 244 g/mol. The van der Waals surface area contributed by atoms with Crippen LogP contribution in [0.25, 0.3) is 0 Å². The van der Waals surface area contributed by atoms with Crippen LogP contribution in [0, 0.1) is 0 Å². The van der Waals surface area contributed by atoms with Gasteiger partial charge in [0.2, 0.25) is 0 Å². The molecule has 19 heavy (non-hydrogen) atoms. The lowest BCUT2D eigenvalue weighted by atomic mass is 9.80. The van der Waals surface area contributed by atoms with Gasteiger partial charge in [-0.3, -0.25) is 0 Å². The van der Waals surface area contributed by atoms with Gasteiger partial charge in [-0.05, 0) is 44.9 Å². The van der Waals surface area contributed by atoms with Crippen LogP contribution in [-0.2, 0) is 4.74 Å². The van der Waals surface area contributed by atoms with Gasteiger partial charge in [0.1, 0.15) is 0 Å². The van der Waals surface area contributed by atoms with Crippen LogP contribution in [-0.4, -0.2) is 54.5 Å². The maximum Gasteiger partial charge on any atom is 0.317 e. The zero-order valence-electron chi connectivity index (χ0n) is 11.9. The van der Waals surface area contributed by atoms with Gasteiger partial charge in [-0.2, -0.15) is 0 Å². The van der Waals surface area contributed by atoms with Gasteiger partial charge in [0.25, 0.3) is 0 Å². The highest BCUT2D eigenvalue weighted by atomic mass is 16.5. The first-order valence-electron chi connectivity index (χ1n) is 7.41. The van der Waals surface area contributed by atoms with Crippen LogP contribution in [0.3, 0.4) is 0 Å². The van der Waals surface area contributed by atoms with Crippen LogP contribution in [0.1, 0.15) is 44.9 Å². The maximum absolute atomic E-state index is 12.3. The van der Waals surface area contributed by atoms with E-state index in [9.17, 15) is 4.79 Å². The Morgan fingerprint density at radius 3 is 2.79 bits per heavy atom. The molecule has 110 valence electrons. The molecule has 1 aliphatic carbocycles. The highest BCUT2D eigenvalue weighted by Gasteiger charge is 2.38. The molecule has 0 aromatic carbocycles. The molecular formula is C14H26N2O3. The Morgan fingerprint density at radius 2 is 2.21 bits per heavy atom. The monoisotopic (exact) mass is 270 g/mol. The van der Waals surface area contributed by atoms with Gasteiger partial charge in [0.05, 0.1) is 5.60 Å². The molecule has 1 saturated heterocycles. The lowest BCUT2D eigenvalue weighted by Gasteiger charge is -2.42. The van der Waals surface area contributed by atoms with E-state index in [1.54, 1.807) is 7.11 Å². The highest BCUT2D eigenvalue weighted by Crippen LogP contribution is 2.34. The second-order valence-electron chi connectivity index (χ2n) is 5.75. The zero-order chi connectivity index (χ0) is 13.7. The number of methoxy groups -OCH3 is 1. The van der Waals surface area contributed by atoms with Gasteiger partial charge in [-0.1, -0.05) is 0 Å². The van der Waals surface area contributed by atoms with Crippen LogP contribution in [0.5, 0.6) is 0 Å². The van der Waals surface area contributed by atoms with E-state index in [1.807, 2.05) is 4.90 Å². The molecule has 1 atom stereocenters. The summed E-state index contributed by atoms with van der Waals surface area (Å²) in [5, 5.41) is 12.1. The molecule has 2 rings (SSSR count). The molecule has 1 aliphatic heterocycles. The Morgan fingerprint density at radius 1 is 1.42 bits per heavy atom. The number of carbonyl (C=O) groups excluding carboxylic acids is 1. The Bertz CT molecular complexity index is 298. The third kappa shape index (κ3) is 3.39. The molecule has 0 spiro atoms. The van der Waals surface area contributed by atoms with E-state index >= 15 is 0 Å². The average molecular weight is 270 g/mol. The van der Waals surface area contributed by atoms with E-state index in [1.165, 1.54) is 6.42 Å². The molecule has 2 aliphatic rings. The third-order valence-electron chi connectivity index (χ3n) is 4.61. The number of nitrogens with one attached hydrogen (secondary N) is 1. The molecule has 5 nitrogen and oxygen atoms in total. The van der Waals surface area contributed by atoms with Crippen LogP contribution >= 0.6 is 0 Å². The summed E-state index contributed by atoms with van der Waals surface area (Å²) in [6.45, 7) is 1.55. The van der Waals surface area contributed by atoms with E-state index in [0.29, 0.717) is 13.0 Å². The van der Waals surface area contributed by atoms with Gasteiger partial charge in [-0.15, -0.1) is 0 Å². The molecule has 5 heteroatoms. The zero-order valence-corrected chi connectivity index (χ0v) is 11.9. The van der Waals surface area contributed by atoms with Crippen molar-refractivity contribution in [1.82, 2.24) is 10.2 Å². The number of ether oxygens (including phenoxy) is 1. The Balaban J connectivity index is 1.83. The SMILES string of the molecule is COC1(CNC(=O)N2CCCCC2CCO)CCC1. The lowest BCUT2D eigenvalue weighted by Crippen LogP contribution is -2.54. The van der Waals surface area contributed by atoms with E-state index < -0.39 is 0 Å². The standard InChI is InChI=1S/C14H26N2O3/c1-19-14(7-4-8-14)11-15-13(18)16-9-3-2-5-12(16)6-10-17/h12,17H,2-11H2,1H3,(H,15,18). The average Bonchev–Trinajstić information content (AvgIpc) is 2.39. The molecule has 2 fully saturated rings. The summed E-state index contributed by atoms with van der Waals surface area (Å²) in [5.74, 6) is 0. The normalized spacial score (nSPS) is 25.8. The number of carbonyl (C=O) groups is 1. The van der Waals surface area contributed by atoms with Gasteiger partial charge >= 0.3 is 6.03 Å². The topological polar surface area (TPSA) is 61.8 Å².